The molecule has 1 aromatic rings. The second kappa shape index (κ2) is 11.2. The van der Waals surface area contributed by atoms with Crippen LogP contribution in [0.5, 0.6) is 0 Å². The van der Waals surface area contributed by atoms with Crippen molar-refractivity contribution in [1.29, 1.82) is 0 Å². The van der Waals surface area contributed by atoms with Gasteiger partial charge in [-0.25, -0.2) is 4.79 Å². The third-order valence-electron chi connectivity index (χ3n) is 3.96. The number of carbonyl (C=O) groups is 3. The molecule has 8 nitrogen and oxygen atoms in total. The number of hydrogen-bond donors (Lipinski definition) is 5. The van der Waals surface area contributed by atoms with Gasteiger partial charge >= 0.3 is 5.97 Å². The van der Waals surface area contributed by atoms with E-state index in [-0.39, 0.29) is 6.42 Å². The number of nitrogens with one attached hydrogen (secondary N) is 2. The number of amides is 2. The fourth-order valence-corrected chi connectivity index (χ4v) is 2.37. The predicted octanol–water partition coefficient (Wildman–Crippen LogP) is -0.240. The summed E-state index contributed by atoms with van der Waals surface area (Å²) >= 11 is 0. The SMILES string of the molecule is CC(NC(=O)C(N)CCCCN)C(=O)NC(Cc1ccccc1)C(=O)O. The zero-order valence-corrected chi connectivity index (χ0v) is 15.0. The lowest BCUT2D eigenvalue weighted by atomic mass is 10.1. The lowest BCUT2D eigenvalue weighted by Gasteiger charge is -2.20. The first-order chi connectivity index (χ1) is 12.3. The molecule has 0 aliphatic rings. The molecule has 0 bridgehead atoms. The van der Waals surface area contributed by atoms with Crippen molar-refractivity contribution in [1.82, 2.24) is 10.6 Å². The van der Waals surface area contributed by atoms with Crippen LogP contribution in [-0.4, -0.2) is 47.6 Å². The Balaban J connectivity index is 2.54. The van der Waals surface area contributed by atoms with E-state index in [9.17, 15) is 19.5 Å². The average molecular weight is 364 g/mol. The van der Waals surface area contributed by atoms with E-state index in [0.29, 0.717) is 13.0 Å². The molecule has 1 rings (SSSR count). The highest BCUT2D eigenvalue weighted by atomic mass is 16.4. The average Bonchev–Trinajstić information content (AvgIpc) is 2.61. The third-order valence-corrected chi connectivity index (χ3v) is 3.96. The van der Waals surface area contributed by atoms with Crippen LogP contribution in [0.25, 0.3) is 0 Å². The van der Waals surface area contributed by atoms with Gasteiger partial charge in [-0.3, -0.25) is 9.59 Å². The molecule has 1 aromatic carbocycles. The number of aliphatic carboxylic acids is 1. The molecule has 0 heterocycles. The van der Waals surface area contributed by atoms with Gasteiger partial charge in [0.05, 0.1) is 6.04 Å². The zero-order chi connectivity index (χ0) is 19.5. The number of hydrogen-bond acceptors (Lipinski definition) is 5. The van der Waals surface area contributed by atoms with Gasteiger partial charge in [0.2, 0.25) is 11.8 Å². The van der Waals surface area contributed by atoms with E-state index in [1.165, 1.54) is 6.92 Å². The minimum atomic E-state index is -1.14. The number of benzene rings is 1. The standard InChI is InChI=1S/C18H28N4O4/c1-12(21-17(24)14(20)9-5-6-10-19)16(23)22-15(18(25)26)11-13-7-3-2-4-8-13/h2-4,7-8,12,14-15H,5-6,9-11,19-20H2,1H3,(H,21,24)(H,22,23)(H,25,26). The molecule has 3 unspecified atom stereocenters. The molecular formula is C18H28N4O4. The Morgan fingerprint density at radius 2 is 1.73 bits per heavy atom. The summed E-state index contributed by atoms with van der Waals surface area (Å²) in [5, 5.41) is 14.3. The summed E-state index contributed by atoms with van der Waals surface area (Å²) in [7, 11) is 0. The Morgan fingerprint density at radius 1 is 1.08 bits per heavy atom. The Labute approximate surface area is 153 Å². The van der Waals surface area contributed by atoms with Crippen molar-refractivity contribution in [2.45, 2.75) is 50.7 Å². The smallest absolute Gasteiger partial charge is 0.326 e. The summed E-state index contributed by atoms with van der Waals surface area (Å²) in [5.74, 6) is -2.16. The Kier molecular flexibility index (Phi) is 9.32. The van der Waals surface area contributed by atoms with Gasteiger partial charge in [-0.05, 0) is 31.9 Å². The third kappa shape index (κ3) is 7.62. The second-order valence-corrected chi connectivity index (χ2v) is 6.21. The van der Waals surface area contributed by atoms with E-state index in [2.05, 4.69) is 10.6 Å². The van der Waals surface area contributed by atoms with Gasteiger partial charge in [0.1, 0.15) is 12.1 Å². The van der Waals surface area contributed by atoms with Crippen LogP contribution < -0.4 is 22.1 Å². The van der Waals surface area contributed by atoms with E-state index < -0.39 is 35.9 Å². The summed E-state index contributed by atoms with van der Waals surface area (Å²) in [6.45, 7) is 2.02. The van der Waals surface area contributed by atoms with Crippen molar-refractivity contribution in [2.24, 2.45) is 11.5 Å². The molecule has 0 saturated carbocycles. The minimum absolute atomic E-state index is 0.154. The van der Waals surface area contributed by atoms with Gasteiger partial charge in [-0.1, -0.05) is 36.8 Å². The summed E-state index contributed by atoms with van der Waals surface area (Å²) in [6, 6.07) is 6.29. The van der Waals surface area contributed by atoms with Crippen molar-refractivity contribution in [2.75, 3.05) is 6.54 Å². The quantitative estimate of drug-likeness (QED) is 0.342. The maximum Gasteiger partial charge on any atom is 0.326 e. The number of nitrogens with two attached hydrogens (primary N) is 2. The molecule has 3 atom stereocenters. The molecule has 0 spiro atoms. The summed E-state index contributed by atoms with van der Waals surface area (Å²) in [6.07, 6.45) is 2.13. The first kappa shape index (κ1) is 21.6. The molecule has 0 fully saturated rings. The maximum absolute atomic E-state index is 12.2. The Bertz CT molecular complexity index is 594. The molecule has 144 valence electrons. The van der Waals surface area contributed by atoms with Crippen molar-refractivity contribution in [3.8, 4) is 0 Å². The molecule has 0 aliphatic heterocycles. The molecule has 0 aromatic heterocycles. The van der Waals surface area contributed by atoms with Gasteiger partial charge in [0.15, 0.2) is 0 Å². The largest absolute Gasteiger partial charge is 0.480 e. The van der Waals surface area contributed by atoms with E-state index in [0.717, 1.165) is 18.4 Å². The molecule has 0 aliphatic carbocycles. The topological polar surface area (TPSA) is 148 Å². The number of carboxylic acid groups (broad SMARTS) is 1. The lowest BCUT2D eigenvalue weighted by Crippen LogP contribution is -2.53. The highest BCUT2D eigenvalue weighted by molar-refractivity contribution is 5.91. The minimum Gasteiger partial charge on any atom is -0.480 e. The van der Waals surface area contributed by atoms with E-state index >= 15 is 0 Å². The van der Waals surface area contributed by atoms with Crippen LogP contribution in [0.4, 0.5) is 0 Å². The van der Waals surface area contributed by atoms with Crippen LogP contribution in [0.15, 0.2) is 30.3 Å². The van der Waals surface area contributed by atoms with Crippen LogP contribution in [0.3, 0.4) is 0 Å². The van der Waals surface area contributed by atoms with E-state index in [1.807, 2.05) is 6.07 Å². The highest BCUT2D eigenvalue weighted by Gasteiger charge is 2.25. The Hall–Kier alpha value is -2.45. The van der Waals surface area contributed by atoms with Crippen LogP contribution in [-0.2, 0) is 20.8 Å². The first-order valence-corrected chi connectivity index (χ1v) is 8.68. The lowest BCUT2D eigenvalue weighted by molar-refractivity contribution is -0.142. The molecular weight excluding hydrogens is 336 g/mol. The van der Waals surface area contributed by atoms with Gasteiger partial charge in [-0.2, -0.15) is 0 Å². The number of carboxylic acids is 1. The number of rotatable bonds is 11. The predicted molar refractivity (Wildman–Crippen MR) is 98.2 cm³/mol. The van der Waals surface area contributed by atoms with Crippen LogP contribution >= 0.6 is 0 Å². The van der Waals surface area contributed by atoms with Gasteiger partial charge in [-0.15, -0.1) is 0 Å². The van der Waals surface area contributed by atoms with Gasteiger partial charge in [0.25, 0.3) is 0 Å². The summed E-state index contributed by atoms with van der Waals surface area (Å²) < 4.78 is 0. The van der Waals surface area contributed by atoms with E-state index in [1.54, 1.807) is 24.3 Å². The van der Waals surface area contributed by atoms with E-state index in [4.69, 9.17) is 11.5 Å². The fourth-order valence-electron chi connectivity index (χ4n) is 2.37. The molecule has 26 heavy (non-hydrogen) atoms. The molecule has 2 amide bonds. The van der Waals surface area contributed by atoms with Crippen molar-refractivity contribution in [3.05, 3.63) is 35.9 Å². The molecule has 0 saturated heterocycles. The second-order valence-electron chi connectivity index (χ2n) is 6.21. The maximum atomic E-state index is 12.2. The number of carbonyl (C=O) groups excluding carboxylic acids is 2. The van der Waals surface area contributed by atoms with Crippen LogP contribution in [0, 0.1) is 0 Å². The highest BCUT2D eigenvalue weighted by Crippen LogP contribution is 2.04. The van der Waals surface area contributed by atoms with Crippen molar-refractivity contribution >= 4 is 17.8 Å². The number of unbranched alkanes of at least 4 members (excludes halogenated alkanes) is 1. The first-order valence-electron chi connectivity index (χ1n) is 8.68. The van der Waals surface area contributed by atoms with Crippen LogP contribution in [0.1, 0.15) is 31.7 Å². The Morgan fingerprint density at radius 3 is 2.31 bits per heavy atom. The van der Waals surface area contributed by atoms with Crippen LogP contribution in [0.2, 0.25) is 0 Å². The van der Waals surface area contributed by atoms with Gasteiger partial charge in [0, 0.05) is 6.42 Å². The molecule has 8 heteroatoms. The molecule has 0 radical (unpaired) electrons. The monoisotopic (exact) mass is 364 g/mol. The van der Waals surface area contributed by atoms with Crippen molar-refractivity contribution < 1.29 is 19.5 Å². The molecule has 7 N–H and O–H groups in total. The van der Waals surface area contributed by atoms with Crippen molar-refractivity contribution in [3.63, 3.8) is 0 Å². The normalized spacial score (nSPS) is 14.1. The summed E-state index contributed by atoms with van der Waals surface area (Å²) in [5.41, 5.74) is 12.0. The fraction of sp³-hybridized carbons (Fsp3) is 0.500. The summed E-state index contributed by atoms with van der Waals surface area (Å²) in [4.78, 5) is 35.6. The van der Waals surface area contributed by atoms with Gasteiger partial charge < -0.3 is 27.2 Å². The zero-order valence-electron chi connectivity index (χ0n) is 15.0.